The van der Waals surface area contributed by atoms with Gasteiger partial charge in [-0.25, -0.2) is 0 Å². The van der Waals surface area contributed by atoms with E-state index in [1.165, 1.54) is 249 Å². The molecule has 0 N–H and O–H groups in total. The molecule has 0 fully saturated rings. The minimum absolute atomic E-state index is 1.13. The van der Waals surface area contributed by atoms with Crippen LogP contribution in [0.3, 0.4) is 0 Å². The first-order valence-corrected chi connectivity index (χ1v) is 51.0. The van der Waals surface area contributed by atoms with Crippen molar-refractivity contribution in [3.8, 4) is 179 Å². The minimum atomic E-state index is 1.13. The first-order valence-electron chi connectivity index (χ1n) is 51.0. The fraction of sp³-hybridized carbons (Fsp3) is 0. The van der Waals surface area contributed by atoms with E-state index in [1.54, 1.807) is 0 Å². The van der Waals surface area contributed by atoms with E-state index in [4.69, 9.17) is 0 Å². The van der Waals surface area contributed by atoms with E-state index in [2.05, 4.69) is 601 Å². The fourth-order valence-corrected chi connectivity index (χ4v) is 23.0. The van der Waals surface area contributed by atoms with Gasteiger partial charge in [0.05, 0.1) is 44.1 Å². The van der Waals surface area contributed by atoms with Crippen molar-refractivity contribution in [1.29, 1.82) is 0 Å². The summed E-state index contributed by atoms with van der Waals surface area (Å²) in [4.78, 5) is 0. The fourth-order valence-electron chi connectivity index (χ4n) is 23.0. The van der Waals surface area contributed by atoms with Gasteiger partial charge in [-0.1, -0.05) is 437 Å². The molecule has 148 heavy (non-hydrogen) atoms. The Morgan fingerprint density at radius 1 is 0.0811 bits per heavy atom. The van der Waals surface area contributed by atoms with Crippen LogP contribution >= 0.6 is 0 Å². The van der Waals surface area contributed by atoms with Crippen molar-refractivity contribution in [1.82, 2.24) is 18.3 Å². The van der Waals surface area contributed by atoms with Crippen LogP contribution in [0.25, 0.3) is 266 Å². The summed E-state index contributed by atoms with van der Waals surface area (Å²) in [5.74, 6) is 0. The zero-order valence-electron chi connectivity index (χ0n) is 81.2. The van der Waals surface area contributed by atoms with Crippen LogP contribution in [-0.4, -0.2) is 18.3 Å². The molecule has 28 aromatic rings. The predicted octanol–water partition coefficient (Wildman–Crippen LogP) is 39.1. The highest BCUT2D eigenvalue weighted by Crippen LogP contribution is 2.50. The van der Waals surface area contributed by atoms with Crippen molar-refractivity contribution in [3.05, 3.63) is 582 Å². The van der Waals surface area contributed by atoms with E-state index in [0.29, 0.717) is 0 Å². The second-order valence-electron chi connectivity index (χ2n) is 38.4. The molecule has 4 aromatic heterocycles. The second kappa shape index (κ2) is 37.7. The molecular weight excluding hydrogens is 1790 g/mol. The van der Waals surface area contributed by atoms with Crippen molar-refractivity contribution < 1.29 is 0 Å². The molecule has 0 aliphatic heterocycles. The summed E-state index contributed by atoms with van der Waals surface area (Å²) in [6.45, 7) is 0. The van der Waals surface area contributed by atoms with E-state index >= 15 is 0 Å². The summed E-state index contributed by atoms with van der Waals surface area (Å²) in [6, 6.07) is 213. The Hall–Kier alpha value is -19.5. The molecule has 0 aliphatic carbocycles. The number of fused-ring (bicyclic) bond motifs is 12. The molecule has 0 saturated heterocycles. The molecule has 24 aromatic carbocycles. The van der Waals surface area contributed by atoms with E-state index in [-0.39, 0.29) is 0 Å². The highest BCUT2D eigenvalue weighted by molar-refractivity contribution is 6.16. The number of benzene rings is 24. The molecule has 4 heterocycles. The Morgan fingerprint density at radius 3 is 0.520 bits per heavy atom. The van der Waals surface area contributed by atoms with Gasteiger partial charge in [0.2, 0.25) is 0 Å². The van der Waals surface area contributed by atoms with Gasteiger partial charge in [-0.05, 0) is 301 Å². The van der Waals surface area contributed by atoms with Crippen molar-refractivity contribution in [2.45, 2.75) is 0 Å². The number of aromatic nitrogens is 4. The first-order chi connectivity index (χ1) is 73.4. The molecular formula is C144H96N4. The molecule has 28 rings (SSSR count). The van der Waals surface area contributed by atoms with Crippen LogP contribution in [0.1, 0.15) is 0 Å². The van der Waals surface area contributed by atoms with Crippen LogP contribution < -0.4 is 0 Å². The van der Waals surface area contributed by atoms with Gasteiger partial charge in [0.1, 0.15) is 0 Å². The zero-order chi connectivity index (χ0) is 97.9. The maximum absolute atomic E-state index is 2.45. The van der Waals surface area contributed by atoms with Gasteiger partial charge in [0, 0.05) is 65.8 Å². The number of rotatable bonds is 18. The van der Waals surface area contributed by atoms with Gasteiger partial charge in [-0.2, -0.15) is 0 Å². The second-order valence-corrected chi connectivity index (χ2v) is 38.4. The van der Waals surface area contributed by atoms with Crippen LogP contribution in [0.2, 0.25) is 0 Å². The molecule has 0 radical (unpaired) electrons. The summed E-state index contributed by atoms with van der Waals surface area (Å²) in [5.41, 5.74) is 47.5. The molecule has 0 spiro atoms. The topological polar surface area (TPSA) is 19.7 Å². The van der Waals surface area contributed by atoms with E-state index < -0.39 is 0 Å². The molecule has 0 unspecified atom stereocenters. The lowest BCUT2D eigenvalue weighted by Gasteiger charge is -2.19. The number of hydrogen-bond donors (Lipinski definition) is 0. The highest BCUT2D eigenvalue weighted by Gasteiger charge is 2.26. The summed E-state index contributed by atoms with van der Waals surface area (Å²) < 4.78 is 9.65. The Labute approximate surface area is 860 Å². The predicted molar refractivity (Wildman–Crippen MR) is 626 cm³/mol. The van der Waals surface area contributed by atoms with Crippen molar-refractivity contribution in [3.63, 3.8) is 0 Å². The molecule has 0 atom stereocenters. The van der Waals surface area contributed by atoms with E-state index in [9.17, 15) is 0 Å². The lowest BCUT2D eigenvalue weighted by molar-refractivity contribution is 1.18. The maximum Gasteiger partial charge on any atom is 0.0541 e. The van der Waals surface area contributed by atoms with Gasteiger partial charge in [-0.15, -0.1) is 0 Å². The van der Waals surface area contributed by atoms with Crippen LogP contribution in [-0.2, 0) is 0 Å². The van der Waals surface area contributed by atoms with Crippen molar-refractivity contribution in [2.75, 3.05) is 0 Å². The van der Waals surface area contributed by atoms with E-state index in [0.717, 1.165) is 17.1 Å². The van der Waals surface area contributed by atoms with Gasteiger partial charge in [0.25, 0.3) is 0 Å². The van der Waals surface area contributed by atoms with Crippen LogP contribution in [0.4, 0.5) is 0 Å². The van der Waals surface area contributed by atoms with Gasteiger partial charge >= 0.3 is 0 Å². The largest absolute Gasteiger partial charge is 0.309 e. The third kappa shape index (κ3) is 15.8. The maximum atomic E-state index is 2.45. The third-order valence-electron chi connectivity index (χ3n) is 29.9. The normalized spacial score (nSPS) is 11.5. The lowest BCUT2D eigenvalue weighted by atomic mass is 9.85. The highest BCUT2D eigenvalue weighted by atomic mass is 15.0. The van der Waals surface area contributed by atoms with Crippen LogP contribution in [0.5, 0.6) is 0 Å². The Bertz CT molecular complexity index is 9840. The molecule has 0 saturated carbocycles. The molecule has 4 heteroatoms. The molecule has 4 nitrogen and oxygen atoms in total. The standard InChI is InChI=1S/2C72H48N2/c1-4-22-49(23-5-1)53-44-54(50-24-6-2-7-25-50)46-56(45-53)74-70-39-21-19-37-66(70)68-48-52(41-43-72(68)74)58-29-11-13-31-60(58)62-33-15-17-35-64(62)63-34-16-14-32-61(63)59-30-12-10-28-57(59)51-40-42-71-67(47-51)65-36-18-20-38-69(65)73(71)55-26-8-3-9-27-55;1-4-20-49(21-5-1)57-44-58(50-22-6-2-7-23-50)46-60(45-57)74-70-37-17-15-35-66(70)68-48-54(39-41-72(68)74)52-25-19-27-56(43-52)62-31-11-13-33-64(62)63-32-12-10-30-61(63)55-26-18-24-51(42-55)53-38-40-71-67(47-53)65-34-14-16-36-69(65)73(71)59-28-8-3-9-29-59/h2*1-48H. The molecule has 0 amide bonds. The Morgan fingerprint density at radius 2 is 0.250 bits per heavy atom. The van der Waals surface area contributed by atoms with Gasteiger partial charge in [-0.3, -0.25) is 0 Å². The Kier molecular flexibility index (Phi) is 22.3. The van der Waals surface area contributed by atoms with Crippen molar-refractivity contribution in [2.24, 2.45) is 0 Å². The number of para-hydroxylation sites is 6. The lowest BCUT2D eigenvalue weighted by Crippen LogP contribution is -1.96. The SMILES string of the molecule is c1ccc(-c2cc(-c3ccccc3)cc(-n3c4ccccc4c4cc(-c5cccc(-c6ccccc6-c6ccccc6-c6cccc(-c7ccc8c(c7)c7ccccc7n8-c7ccccc7)c6)c5)ccc43)c2)cc1.c1ccc(-c2cc(-c3ccccc3)cc(-n3c4ccccc4c4cc(-c5ccccc5-c5ccccc5-c5ccccc5-c5ccccc5-c5ccc6c(c5)c5ccccc5n6-c5ccccc5)ccc43)c2)cc1. The van der Waals surface area contributed by atoms with E-state index in [1.807, 2.05) is 0 Å². The summed E-state index contributed by atoms with van der Waals surface area (Å²) in [6.07, 6.45) is 0. The quantitative estimate of drug-likeness (QED) is 0.0816. The van der Waals surface area contributed by atoms with Gasteiger partial charge < -0.3 is 18.3 Å². The summed E-state index contributed by atoms with van der Waals surface area (Å²) in [7, 11) is 0. The Balaban J connectivity index is 0.000000146. The third-order valence-corrected chi connectivity index (χ3v) is 29.9. The first kappa shape index (κ1) is 87.5. The van der Waals surface area contributed by atoms with Crippen molar-refractivity contribution >= 4 is 87.2 Å². The molecule has 0 bridgehead atoms. The van der Waals surface area contributed by atoms with Crippen LogP contribution in [0.15, 0.2) is 582 Å². The average molecular weight is 1880 g/mol. The number of hydrogen-bond acceptors (Lipinski definition) is 0. The summed E-state index contributed by atoms with van der Waals surface area (Å²) >= 11 is 0. The van der Waals surface area contributed by atoms with Crippen LogP contribution in [0, 0.1) is 0 Å². The van der Waals surface area contributed by atoms with Gasteiger partial charge in [0.15, 0.2) is 0 Å². The zero-order valence-corrected chi connectivity index (χ0v) is 81.2. The summed E-state index contributed by atoms with van der Waals surface area (Å²) in [5, 5.41) is 9.89. The average Bonchev–Trinajstić information content (AvgIpc) is 1.59. The molecule has 0 aliphatic rings. The number of nitrogens with zero attached hydrogens (tertiary/aromatic N) is 4. The monoisotopic (exact) mass is 1880 g/mol. The smallest absolute Gasteiger partial charge is 0.0541 e. The minimum Gasteiger partial charge on any atom is -0.309 e. The molecule has 692 valence electrons.